The van der Waals surface area contributed by atoms with Gasteiger partial charge in [-0.3, -0.25) is 0 Å². The van der Waals surface area contributed by atoms with Crippen molar-refractivity contribution in [2.45, 2.75) is 46.6 Å². The molecule has 0 saturated heterocycles. The van der Waals surface area contributed by atoms with Crippen molar-refractivity contribution in [1.29, 1.82) is 0 Å². The van der Waals surface area contributed by atoms with Crippen LogP contribution < -0.4 is 9.79 Å². The Bertz CT molecular complexity index is 191. The number of phosphoric acid groups is 1. The molecule has 0 spiro atoms. The molecule has 0 rings (SSSR count). The number of hydrogen-bond donors (Lipinski definition) is 0. The molecule has 0 heterocycles. The first-order valence-electron chi connectivity index (χ1n) is 5.02. The van der Waals surface area contributed by atoms with Gasteiger partial charge in [0, 0.05) is 0 Å². The Balaban J connectivity index is 4.48. The highest BCUT2D eigenvalue weighted by molar-refractivity contribution is 7.43. The van der Waals surface area contributed by atoms with Gasteiger partial charge in [0.1, 0.15) is 0 Å². The number of rotatable bonds is 6. The van der Waals surface area contributed by atoms with Gasteiger partial charge < -0.3 is 18.9 Å². The lowest BCUT2D eigenvalue weighted by Gasteiger charge is -2.38. The molecule has 0 aliphatic carbocycles. The second-order valence-corrected chi connectivity index (χ2v) is 4.89. The molecule has 0 fully saturated rings. The van der Waals surface area contributed by atoms with Crippen LogP contribution >= 0.6 is 7.82 Å². The third-order valence-electron chi connectivity index (χ3n) is 2.66. The van der Waals surface area contributed by atoms with Crippen molar-refractivity contribution >= 4 is 7.82 Å². The predicted octanol–water partition coefficient (Wildman–Crippen LogP) is 1.29. The van der Waals surface area contributed by atoms with E-state index in [1.807, 2.05) is 27.7 Å². The summed E-state index contributed by atoms with van der Waals surface area (Å²) in [5, 5.41) is 0. The van der Waals surface area contributed by atoms with E-state index in [9.17, 15) is 14.4 Å². The fraction of sp³-hybridized carbons (Fsp3) is 1.00. The van der Waals surface area contributed by atoms with Crippen LogP contribution in [0.1, 0.15) is 40.5 Å². The Kier molecular flexibility index (Phi) is 5.91. The molecular weight excluding hydrogens is 203 g/mol. The standard InChI is InChI=1S/C9H21O4P/c1-5-7(3)9(8(4)6-2)13-14(10,11)12/h7-9H,5-6H2,1-4H3,(H2,10,11,12)/p-2. The minimum atomic E-state index is -4.86. The van der Waals surface area contributed by atoms with Gasteiger partial charge in [0.25, 0.3) is 0 Å². The minimum Gasteiger partial charge on any atom is -0.790 e. The predicted molar refractivity (Wildman–Crippen MR) is 51.4 cm³/mol. The van der Waals surface area contributed by atoms with Crippen molar-refractivity contribution in [3.8, 4) is 0 Å². The van der Waals surface area contributed by atoms with Crippen LogP contribution in [0.4, 0.5) is 0 Å². The Labute approximate surface area is 85.9 Å². The lowest BCUT2D eigenvalue weighted by Crippen LogP contribution is -2.32. The summed E-state index contributed by atoms with van der Waals surface area (Å²) in [5.74, 6) is 0.169. The van der Waals surface area contributed by atoms with Crippen LogP contribution in [0.3, 0.4) is 0 Å². The zero-order valence-corrected chi connectivity index (χ0v) is 10.1. The van der Waals surface area contributed by atoms with Crippen molar-refractivity contribution in [1.82, 2.24) is 0 Å². The van der Waals surface area contributed by atoms with Crippen LogP contribution in [0.15, 0.2) is 0 Å². The summed E-state index contributed by atoms with van der Waals surface area (Å²) < 4.78 is 15.1. The summed E-state index contributed by atoms with van der Waals surface area (Å²) in [4.78, 5) is 21.1. The summed E-state index contributed by atoms with van der Waals surface area (Å²) in [5.41, 5.74) is 0. The van der Waals surface area contributed by atoms with Crippen molar-refractivity contribution in [2.75, 3.05) is 0 Å². The average Bonchev–Trinajstić information content (AvgIpc) is 2.10. The largest absolute Gasteiger partial charge is 0.790 e. The van der Waals surface area contributed by atoms with Gasteiger partial charge in [0.2, 0.25) is 0 Å². The molecule has 14 heavy (non-hydrogen) atoms. The molecule has 0 saturated carbocycles. The van der Waals surface area contributed by atoms with Crippen molar-refractivity contribution in [3.63, 3.8) is 0 Å². The highest BCUT2D eigenvalue weighted by atomic mass is 31.2. The fourth-order valence-corrected chi connectivity index (χ4v) is 2.10. The first-order chi connectivity index (χ1) is 6.31. The Morgan fingerprint density at radius 1 is 1.14 bits per heavy atom. The highest BCUT2D eigenvalue weighted by Gasteiger charge is 2.23. The third-order valence-corrected chi connectivity index (χ3v) is 3.16. The molecule has 86 valence electrons. The molecule has 2 unspecified atom stereocenters. The molecule has 2 atom stereocenters. The first-order valence-corrected chi connectivity index (χ1v) is 6.48. The molecule has 0 aliphatic heterocycles. The summed E-state index contributed by atoms with van der Waals surface area (Å²) in [6.07, 6.45) is 1.12. The van der Waals surface area contributed by atoms with Gasteiger partial charge in [-0.2, -0.15) is 0 Å². The van der Waals surface area contributed by atoms with E-state index in [-0.39, 0.29) is 11.8 Å². The minimum absolute atomic E-state index is 0.0844. The number of phosphoric ester groups is 1. The van der Waals surface area contributed by atoms with Gasteiger partial charge in [0.05, 0.1) is 13.9 Å². The third kappa shape index (κ3) is 5.11. The lowest BCUT2D eigenvalue weighted by atomic mass is 9.90. The topological polar surface area (TPSA) is 72.4 Å². The summed E-state index contributed by atoms with van der Waals surface area (Å²) in [6.45, 7) is 7.69. The quantitative estimate of drug-likeness (QED) is 0.635. The van der Waals surface area contributed by atoms with Crippen molar-refractivity contribution in [3.05, 3.63) is 0 Å². The summed E-state index contributed by atoms with van der Waals surface area (Å²) in [6, 6.07) is 0. The zero-order valence-electron chi connectivity index (χ0n) is 9.23. The Morgan fingerprint density at radius 3 is 1.71 bits per heavy atom. The lowest BCUT2D eigenvalue weighted by molar-refractivity contribution is -0.347. The SMILES string of the molecule is CCC(C)C(OP(=O)([O-])[O-])C(C)CC. The maximum absolute atomic E-state index is 10.5. The molecule has 5 heteroatoms. The van der Waals surface area contributed by atoms with Crippen LogP contribution in [0.25, 0.3) is 0 Å². The van der Waals surface area contributed by atoms with E-state index in [1.165, 1.54) is 0 Å². The highest BCUT2D eigenvalue weighted by Crippen LogP contribution is 2.34. The van der Waals surface area contributed by atoms with Crippen LogP contribution in [0, 0.1) is 11.8 Å². The summed E-state index contributed by atoms with van der Waals surface area (Å²) in [7, 11) is -4.86. The molecule has 0 aliphatic rings. The normalized spacial score (nSPS) is 19.0. The molecule has 0 bridgehead atoms. The molecule has 0 aromatic heterocycles. The van der Waals surface area contributed by atoms with E-state index in [2.05, 4.69) is 4.52 Å². The molecule has 0 amide bonds. The smallest absolute Gasteiger partial charge is 0.0678 e. The van der Waals surface area contributed by atoms with Gasteiger partial charge in [0.15, 0.2) is 0 Å². The van der Waals surface area contributed by atoms with Gasteiger partial charge >= 0.3 is 0 Å². The van der Waals surface area contributed by atoms with E-state index < -0.39 is 13.9 Å². The maximum Gasteiger partial charge on any atom is 0.0678 e. The van der Waals surface area contributed by atoms with Gasteiger partial charge in [-0.25, -0.2) is 0 Å². The van der Waals surface area contributed by atoms with Crippen LogP contribution in [0.2, 0.25) is 0 Å². The molecule has 4 nitrogen and oxygen atoms in total. The van der Waals surface area contributed by atoms with Crippen LogP contribution in [0.5, 0.6) is 0 Å². The van der Waals surface area contributed by atoms with Gasteiger partial charge in [-0.1, -0.05) is 40.5 Å². The first kappa shape index (κ1) is 14.1. The van der Waals surface area contributed by atoms with Crippen molar-refractivity contribution in [2.24, 2.45) is 11.8 Å². The van der Waals surface area contributed by atoms with Crippen LogP contribution in [-0.2, 0) is 9.09 Å². The van der Waals surface area contributed by atoms with Gasteiger partial charge in [-0.05, 0) is 11.8 Å². The number of hydrogen-bond acceptors (Lipinski definition) is 4. The molecule has 0 aromatic rings. The Morgan fingerprint density at radius 2 is 1.50 bits per heavy atom. The monoisotopic (exact) mass is 222 g/mol. The fourth-order valence-electron chi connectivity index (χ4n) is 1.38. The summed E-state index contributed by atoms with van der Waals surface area (Å²) >= 11 is 0. The second-order valence-electron chi connectivity index (χ2n) is 3.79. The molecule has 0 aromatic carbocycles. The average molecular weight is 222 g/mol. The van der Waals surface area contributed by atoms with E-state index >= 15 is 0 Å². The molecular formula is C9H19O4P-2. The van der Waals surface area contributed by atoms with E-state index in [0.717, 1.165) is 12.8 Å². The second kappa shape index (κ2) is 5.86. The maximum atomic E-state index is 10.5. The zero-order chi connectivity index (χ0) is 11.4. The van der Waals surface area contributed by atoms with E-state index in [0.29, 0.717) is 0 Å². The van der Waals surface area contributed by atoms with E-state index in [4.69, 9.17) is 0 Å². The van der Waals surface area contributed by atoms with Gasteiger partial charge in [-0.15, -0.1) is 0 Å². The van der Waals surface area contributed by atoms with E-state index in [1.54, 1.807) is 0 Å². The molecule has 0 radical (unpaired) electrons. The Hall–Kier alpha value is 0.110. The van der Waals surface area contributed by atoms with Crippen molar-refractivity contribution < 1.29 is 18.9 Å². The van der Waals surface area contributed by atoms with Crippen LogP contribution in [-0.4, -0.2) is 6.10 Å². The molecule has 0 N–H and O–H groups in total.